The van der Waals surface area contributed by atoms with E-state index in [2.05, 4.69) is 5.32 Å². The molecule has 37 heavy (non-hydrogen) atoms. The highest BCUT2D eigenvalue weighted by atomic mass is 35.5. The fourth-order valence-corrected chi connectivity index (χ4v) is 4.92. The Morgan fingerprint density at radius 1 is 1.00 bits per heavy atom. The molecule has 0 saturated carbocycles. The molecule has 1 N–H and O–H groups in total. The van der Waals surface area contributed by atoms with Gasteiger partial charge in [0.15, 0.2) is 0 Å². The standard InChI is InChI=1S/C29H31Cl2N3O3/c1-18(2)16-32-28(36)19(3)34(17-20-12-13-23(30)24(31)15-20)26(35)11-6-14-33-25-10-5-8-21-7-4-9-22(27(21)25)29(33)37/h4-5,7-10,12-13,15,18-19H,6,11,14,16-17H2,1-3H3,(H,32,36). The Labute approximate surface area is 227 Å². The monoisotopic (exact) mass is 539 g/mol. The minimum atomic E-state index is -0.674. The first-order valence-electron chi connectivity index (χ1n) is 12.5. The molecule has 1 unspecified atom stereocenters. The number of halogens is 2. The number of anilines is 1. The number of hydrogen-bond donors (Lipinski definition) is 1. The third kappa shape index (κ3) is 5.91. The zero-order chi connectivity index (χ0) is 26.7. The summed E-state index contributed by atoms with van der Waals surface area (Å²) in [6.07, 6.45) is 0.659. The van der Waals surface area contributed by atoms with Crippen molar-refractivity contribution in [3.63, 3.8) is 0 Å². The summed E-state index contributed by atoms with van der Waals surface area (Å²) in [5, 5.41) is 5.72. The van der Waals surface area contributed by atoms with E-state index in [0.29, 0.717) is 41.0 Å². The molecule has 194 valence electrons. The molecule has 0 bridgehead atoms. The van der Waals surface area contributed by atoms with E-state index >= 15 is 0 Å². The van der Waals surface area contributed by atoms with Crippen molar-refractivity contribution in [1.82, 2.24) is 10.2 Å². The average molecular weight is 540 g/mol. The van der Waals surface area contributed by atoms with E-state index in [4.69, 9.17) is 23.2 Å². The Balaban J connectivity index is 1.46. The van der Waals surface area contributed by atoms with Gasteiger partial charge in [-0.25, -0.2) is 0 Å². The van der Waals surface area contributed by atoms with Crippen LogP contribution in [0, 0.1) is 5.92 Å². The number of rotatable bonds is 10. The maximum absolute atomic E-state index is 13.4. The lowest BCUT2D eigenvalue weighted by Crippen LogP contribution is -2.48. The molecule has 1 heterocycles. The smallest absolute Gasteiger partial charge is 0.258 e. The van der Waals surface area contributed by atoms with Crippen LogP contribution >= 0.6 is 23.2 Å². The first-order chi connectivity index (χ1) is 17.7. The molecule has 3 aromatic carbocycles. The summed E-state index contributed by atoms with van der Waals surface area (Å²) in [6.45, 7) is 6.92. The summed E-state index contributed by atoms with van der Waals surface area (Å²) in [6, 6.07) is 16.1. The highest BCUT2D eigenvalue weighted by Crippen LogP contribution is 2.37. The van der Waals surface area contributed by atoms with E-state index in [0.717, 1.165) is 22.0 Å². The SMILES string of the molecule is CC(C)CNC(=O)C(C)N(Cc1ccc(Cl)c(Cl)c1)C(=O)CCCN1C(=O)c2cccc3cccc1c23. The second kappa shape index (κ2) is 11.5. The van der Waals surface area contributed by atoms with Crippen LogP contribution in [0.3, 0.4) is 0 Å². The summed E-state index contributed by atoms with van der Waals surface area (Å²) in [7, 11) is 0. The van der Waals surface area contributed by atoms with E-state index in [1.165, 1.54) is 0 Å². The largest absolute Gasteiger partial charge is 0.354 e. The fourth-order valence-electron chi connectivity index (χ4n) is 4.60. The van der Waals surface area contributed by atoms with Crippen LogP contribution in [0.1, 0.15) is 49.5 Å². The summed E-state index contributed by atoms with van der Waals surface area (Å²) in [4.78, 5) is 42.7. The molecule has 0 saturated heterocycles. The summed E-state index contributed by atoms with van der Waals surface area (Å²) >= 11 is 12.3. The van der Waals surface area contributed by atoms with Gasteiger partial charge in [-0.2, -0.15) is 0 Å². The zero-order valence-electron chi connectivity index (χ0n) is 21.3. The molecule has 0 fully saturated rings. The molecule has 0 aromatic heterocycles. The van der Waals surface area contributed by atoms with Gasteiger partial charge in [0.2, 0.25) is 11.8 Å². The number of nitrogens with zero attached hydrogens (tertiary/aromatic N) is 2. The molecule has 8 heteroatoms. The number of benzene rings is 3. The Morgan fingerprint density at radius 3 is 2.43 bits per heavy atom. The molecule has 6 nitrogen and oxygen atoms in total. The first-order valence-corrected chi connectivity index (χ1v) is 13.3. The number of carbonyl (C=O) groups is 3. The van der Waals surface area contributed by atoms with Crippen molar-refractivity contribution in [1.29, 1.82) is 0 Å². The van der Waals surface area contributed by atoms with Crippen molar-refractivity contribution in [2.75, 3.05) is 18.0 Å². The van der Waals surface area contributed by atoms with Crippen molar-refractivity contribution >= 4 is 57.4 Å². The second-order valence-corrected chi connectivity index (χ2v) is 10.6. The van der Waals surface area contributed by atoms with Gasteiger partial charge in [-0.1, -0.05) is 67.4 Å². The van der Waals surface area contributed by atoms with Crippen LogP contribution in [0.5, 0.6) is 0 Å². The highest BCUT2D eigenvalue weighted by molar-refractivity contribution is 6.42. The quantitative estimate of drug-likeness (QED) is 0.339. The third-order valence-corrected chi connectivity index (χ3v) is 7.35. The lowest BCUT2D eigenvalue weighted by Gasteiger charge is -2.29. The van der Waals surface area contributed by atoms with Gasteiger partial charge in [0, 0.05) is 37.0 Å². The molecule has 1 aliphatic rings. The van der Waals surface area contributed by atoms with Crippen LogP contribution < -0.4 is 10.2 Å². The van der Waals surface area contributed by atoms with Crippen molar-refractivity contribution in [2.24, 2.45) is 5.92 Å². The minimum absolute atomic E-state index is 0.0478. The average Bonchev–Trinajstić information content (AvgIpc) is 3.15. The fraction of sp³-hybridized carbons (Fsp3) is 0.345. The number of carbonyl (C=O) groups excluding carboxylic acids is 3. The van der Waals surface area contributed by atoms with Crippen LogP contribution in [0.2, 0.25) is 10.0 Å². The predicted molar refractivity (Wildman–Crippen MR) is 149 cm³/mol. The number of hydrogen-bond acceptors (Lipinski definition) is 3. The summed E-state index contributed by atoms with van der Waals surface area (Å²) < 4.78 is 0. The van der Waals surface area contributed by atoms with Crippen LogP contribution in [-0.2, 0) is 16.1 Å². The van der Waals surface area contributed by atoms with Gasteiger partial charge in [-0.3, -0.25) is 14.4 Å². The molecule has 3 aromatic rings. The van der Waals surface area contributed by atoms with Crippen molar-refractivity contribution in [3.05, 3.63) is 75.8 Å². The summed E-state index contributed by atoms with van der Waals surface area (Å²) in [5.41, 5.74) is 2.35. The number of nitrogens with one attached hydrogen (secondary N) is 1. The Kier molecular flexibility index (Phi) is 8.40. The maximum atomic E-state index is 13.4. The van der Waals surface area contributed by atoms with Gasteiger partial charge in [0.25, 0.3) is 5.91 Å². The number of amides is 3. The Hall–Kier alpha value is -3.09. The van der Waals surface area contributed by atoms with Crippen molar-refractivity contribution in [3.8, 4) is 0 Å². The van der Waals surface area contributed by atoms with E-state index in [9.17, 15) is 14.4 Å². The van der Waals surface area contributed by atoms with E-state index in [1.54, 1.807) is 34.9 Å². The zero-order valence-corrected chi connectivity index (χ0v) is 22.8. The minimum Gasteiger partial charge on any atom is -0.354 e. The molecule has 1 aliphatic heterocycles. The lowest BCUT2D eigenvalue weighted by atomic mass is 10.1. The van der Waals surface area contributed by atoms with Gasteiger partial charge < -0.3 is 15.1 Å². The van der Waals surface area contributed by atoms with E-state index in [-0.39, 0.29) is 30.7 Å². The van der Waals surface area contributed by atoms with Crippen LogP contribution in [-0.4, -0.2) is 41.8 Å². The third-order valence-electron chi connectivity index (χ3n) is 6.61. The van der Waals surface area contributed by atoms with E-state index in [1.807, 2.05) is 50.2 Å². The molecule has 4 rings (SSSR count). The second-order valence-electron chi connectivity index (χ2n) is 9.83. The highest BCUT2D eigenvalue weighted by Gasteiger charge is 2.30. The normalized spacial score (nSPS) is 13.4. The topological polar surface area (TPSA) is 69.7 Å². The lowest BCUT2D eigenvalue weighted by molar-refractivity contribution is -0.140. The van der Waals surface area contributed by atoms with Crippen molar-refractivity contribution < 1.29 is 14.4 Å². The van der Waals surface area contributed by atoms with Gasteiger partial charge in [0.1, 0.15) is 6.04 Å². The van der Waals surface area contributed by atoms with Crippen LogP contribution in [0.15, 0.2) is 54.6 Å². The Morgan fingerprint density at radius 2 is 1.73 bits per heavy atom. The molecule has 1 atom stereocenters. The molecule has 3 amide bonds. The van der Waals surface area contributed by atoms with Gasteiger partial charge >= 0.3 is 0 Å². The van der Waals surface area contributed by atoms with E-state index < -0.39 is 6.04 Å². The van der Waals surface area contributed by atoms with Gasteiger partial charge in [0.05, 0.1) is 15.7 Å². The van der Waals surface area contributed by atoms with Gasteiger partial charge in [-0.05, 0) is 54.5 Å². The molecule has 0 aliphatic carbocycles. The Bertz CT molecular complexity index is 1340. The maximum Gasteiger partial charge on any atom is 0.258 e. The molecule has 0 radical (unpaired) electrons. The molecular weight excluding hydrogens is 509 g/mol. The van der Waals surface area contributed by atoms with Crippen LogP contribution in [0.25, 0.3) is 10.8 Å². The predicted octanol–water partition coefficient (Wildman–Crippen LogP) is 6.08. The first kappa shape index (κ1) is 27.0. The van der Waals surface area contributed by atoms with Crippen LogP contribution in [0.4, 0.5) is 5.69 Å². The molecular formula is C29H31Cl2N3O3. The summed E-state index contributed by atoms with van der Waals surface area (Å²) in [5.74, 6) is -0.130. The molecule has 0 spiro atoms. The van der Waals surface area contributed by atoms with Crippen molar-refractivity contribution in [2.45, 2.75) is 46.2 Å². The van der Waals surface area contributed by atoms with Gasteiger partial charge in [-0.15, -0.1) is 0 Å².